The molecule has 92 heavy (non-hydrogen) atoms. The number of hydrogen-bond donors (Lipinski definition) is 0. The summed E-state index contributed by atoms with van der Waals surface area (Å²) in [5.41, 5.74) is 6.05. The summed E-state index contributed by atoms with van der Waals surface area (Å²) in [5, 5.41) is 3.38. The van der Waals surface area contributed by atoms with Crippen molar-refractivity contribution in [3.8, 4) is 67.9 Å². The maximum absolute atomic E-state index is 14.1. The van der Waals surface area contributed by atoms with Crippen LogP contribution >= 0.6 is 0 Å². The largest absolute Gasteiger partial charge is 0.494 e. The van der Waals surface area contributed by atoms with Gasteiger partial charge < -0.3 is 37.9 Å². The molecular weight excluding hydrogens is 1160 g/mol. The van der Waals surface area contributed by atoms with Gasteiger partial charge in [-0.2, -0.15) is 0 Å². The van der Waals surface area contributed by atoms with Gasteiger partial charge in [-0.25, -0.2) is 28.8 Å². The van der Waals surface area contributed by atoms with Crippen LogP contribution in [-0.4, -0.2) is 62.2 Å². The first-order valence-electron chi connectivity index (χ1n) is 30.4. The number of fused-ring (bicyclic) bond motifs is 2. The van der Waals surface area contributed by atoms with Crippen LogP contribution < -0.4 is 28.4 Å². The highest BCUT2D eigenvalue weighted by Gasteiger charge is 2.21. The molecule has 0 aliphatic rings. The van der Waals surface area contributed by atoms with Crippen molar-refractivity contribution in [2.24, 2.45) is 0 Å². The standard InChI is InChI=1S/C78H66O14/c1-3-72(79)87-49-15-7-5-13-47-85-63-38-33-60(34-39-63)75(81)89-65-42-29-55(30-43-65)53-21-25-58(26-22-53)77(83)91-67-51-62-18-10-11-19-68(62)70(52-67)74-69-20-12-9-17-57(69)37-46-71(74)92-78(84)59-27-23-54(24-28-59)56-31-44-66(45-32-56)90-76(82)61-35-40-64(41-36-61)86-48-14-6-8-16-50-88-73(80)4-2/h3-4,9-12,17-46,51-52H,1-2,5-8,13-16,47-50H2. The highest BCUT2D eigenvalue weighted by Crippen LogP contribution is 2.43. The van der Waals surface area contributed by atoms with E-state index in [0.717, 1.165) is 107 Å². The van der Waals surface area contributed by atoms with Gasteiger partial charge in [-0.3, -0.25) is 0 Å². The van der Waals surface area contributed by atoms with Crippen molar-refractivity contribution < 1.29 is 66.7 Å². The average Bonchev–Trinajstić information content (AvgIpc) is 0.780. The maximum atomic E-state index is 14.1. The van der Waals surface area contributed by atoms with Gasteiger partial charge in [-0.05, 0) is 216 Å². The number of carbonyl (C=O) groups excluding carboxylic acids is 6. The lowest BCUT2D eigenvalue weighted by molar-refractivity contribution is -0.138. The summed E-state index contributed by atoms with van der Waals surface area (Å²) in [7, 11) is 0. The number of hydrogen-bond acceptors (Lipinski definition) is 14. The quantitative estimate of drug-likeness (QED) is 0.0187. The Hall–Kier alpha value is -11.4. The van der Waals surface area contributed by atoms with Crippen LogP contribution in [-0.2, 0) is 19.1 Å². The van der Waals surface area contributed by atoms with Crippen LogP contribution in [0.3, 0.4) is 0 Å². The minimum atomic E-state index is -0.574. The molecule has 14 heteroatoms. The maximum Gasteiger partial charge on any atom is 0.343 e. The predicted molar refractivity (Wildman–Crippen MR) is 354 cm³/mol. The Labute approximate surface area is 533 Å². The molecule has 10 aromatic rings. The van der Waals surface area contributed by atoms with E-state index >= 15 is 0 Å². The van der Waals surface area contributed by atoms with Crippen LogP contribution in [0.2, 0.25) is 0 Å². The summed E-state index contributed by atoms with van der Waals surface area (Å²) < 4.78 is 45.4. The average molecular weight is 1230 g/mol. The van der Waals surface area contributed by atoms with Gasteiger partial charge in [0, 0.05) is 17.7 Å². The minimum Gasteiger partial charge on any atom is -0.494 e. The Kier molecular flexibility index (Phi) is 21.9. The second kappa shape index (κ2) is 31.7. The van der Waals surface area contributed by atoms with Crippen molar-refractivity contribution in [3.05, 3.63) is 266 Å². The fourth-order valence-electron chi connectivity index (χ4n) is 10.2. The third-order valence-electron chi connectivity index (χ3n) is 15.1. The predicted octanol–water partition coefficient (Wildman–Crippen LogP) is 17.2. The molecule has 0 radical (unpaired) electrons. The van der Waals surface area contributed by atoms with Crippen LogP contribution in [0.15, 0.2) is 244 Å². The molecule has 0 spiro atoms. The highest BCUT2D eigenvalue weighted by molar-refractivity contribution is 6.09. The van der Waals surface area contributed by atoms with Gasteiger partial charge in [-0.1, -0.05) is 116 Å². The summed E-state index contributed by atoms with van der Waals surface area (Å²) in [5.74, 6) is -0.372. The van der Waals surface area contributed by atoms with Gasteiger partial charge in [0.05, 0.1) is 48.7 Å². The third-order valence-corrected chi connectivity index (χ3v) is 15.1. The molecule has 0 N–H and O–H groups in total. The Balaban J connectivity index is 0.738. The topological polar surface area (TPSA) is 176 Å². The molecule has 10 rings (SSSR count). The first-order valence-corrected chi connectivity index (χ1v) is 30.4. The van der Waals surface area contributed by atoms with Gasteiger partial charge >= 0.3 is 35.8 Å². The number of benzene rings is 10. The number of rotatable bonds is 29. The van der Waals surface area contributed by atoms with Gasteiger partial charge in [-0.15, -0.1) is 0 Å². The Morgan fingerprint density at radius 1 is 0.315 bits per heavy atom. The van der Waals surface area contributed by atoms with E-state index in [-0.39, 0.29) is 0 Å². The number of carbonyl (C=O) groups is 6. The van der Waals surface area contributed by atoms with Crippen LogP contribution in [0.1, 0.15) is 92.8 Å². The first kappa shape index (κ1) is 63.6. The fraction of sp³-hybridized carbons (Fsp3) is 0.154. The molecule has 0 saturated carbocycles. The number of esters is 6. The monoisotopic (exact) mass is 1230 g/mol. The van der Waals surface area contributed by atoms with E-state index in [1.165, 1.54) is 0 Å². The van der Waals surface area contributed by atoms with E-state index in [9.17, 15) is 28.8 Å². The van der Waals surface area contributed by atoms with Crippen LogP contribution in [0.5, 0.6) is 34.5 Å². The Bertz CT molecular complexity index is 4230. The molecule has 14 nitrogen and oxygen atoms in total. The van der Waals surface area contributed by atoms with Crippen molar-refractivity contribution in [2.45, 2.75) is 51.4 Å². The highest BCUT2D eigenvalue weighted by atomic mass is 16.6. The third kappa shape index (κ3) is 17.3. The normalized spacial score (nSPS) is 10.8. The molecule has 0 aliphatic heterocycles. The van der Waals surface area contributed by atoms with E-state index in [1.54, 1.807) is 109 Å². The Morgan fingerprint density at radius 2 is 0.674 bits per heavy atom. The molecule has 0 aromatic heterocycles. The van der Waals surface area contributed by atoms with E-state index in [1.807, 2.05) is 109 Å². The SMILES string of the molecule is C=CC(=O)OCCCCCCOc1ccc(C(=O)Oc2ccc(-c3ccc(C(=O)Oc4cc(-c5c(OC(=O)c6ccc(-c7ccc(OC(=O)c8ccc(OCCCCCCOC(=O)C=C)cc8)cc7)cc6)ccc6ccccc56)c5ccccc5c4)cc3)cc2)cc1. The molecule has 0 bridgehead atoms. The molecule has 0 atom stereocenters. The molecule has 0 saturated heterocycles. The van der Waals surface area contributed by atoms with Crippen molar-refractivity contribution in [3.63, 3.8) is 0 Å². The molecule has 0 unspecified atom stereocenters. The summed E-state index contributed by atoms with van der Waals surface area (Å²) in [4.78, 5) is 76.4. The van der Waals surface area contributed by atoms with Crippen molar-refractivity contribution >= 4 is 57.4 Å². The lowest BCUT2D eigenvalue weighted by Crippen LogP contribution is -2.10. The molecular formula is C78H66O14. The molecule has 462 valence electrons. The zero-order valence-electron chi connectivity index (χ0n) is 50.6. The minimum absolute atomic E-state index is 0.291. The van der Waals surface area contributed by atoms with Crippen LogP contribution in [0, 0.1) is 0 Å². The molecule has 0 fully saturated rings. The number of unbranched alkanes of at least 4 members (excludes halogenated alkanes) is 6. The van der Waals surface area contributed by atoms with Crippen LogP contribution in [0.4, 0.5) is 0 Å². The summed E-state index contributed by atoms with van der Waals surface area (Å²) in [6.07, 6.45) is 9.21. The second-order valence-corrected chi connectivity index (χ2v) is 21.4. The van der Waals surface area contributed by atoms with Gasteiger partial charge in [0.15, 0.2) is 0 Å². The van der Waals surface area contributed by atoms with E-state index < -0.39 is 35.8 Å². The number of ether oxygens (including phenoxy) is 8. The van der Waals surface area contributed by atoms with E-state index in [4.69, 9.17) is 37.9 Å². The molecule has 0 amide bonds. The van der Waals surface area contributed by atoms with Gasteiger partial charge in [0.2, 0.25) is 0 Å². The molecule has 0 aliphatic carbocycles. The Morgan fingerprint density at radius 3 is 1.12 bits per heavy atom. The van der Waals surface area contributed by atoms with Gasteiger partial charge in [0.1, 0.15) is 34.5 Å². The summed E-state index contributed by atoms with van der Waals surface area (Å²) in [6.45, 7) is 8.56. The smallest absolute Gasteiger partial charge is 0.343 e. The lowest BCUT2D eigenvalue weighted by Gasteiger charge is -2.17. The zero-order chi connectivity index (χ0) is 64.0. The molecule has 10 aromatic carbocycles. The second-order valence-electron chi connectivity index (χ2n) is 21.4. The zero-order valence-corrected chi connectivity index (χ0v) is 50.6. The van der Waals surface area contributed by atoms with E-state index in [0.29, 0.717) is 94.3 Å². The van der Waals surface area contributed by atoms with Crippen LogP contribution in [0.25, 0.3) is 54.9 Å². The van der Waals surface area contributed by atoms with Gasteiger partial charge in [0.25, 0.3) is 0 Å². The molecule has 0 heterocycles. The van der Waals surface area contributed by atoms with Crippen molar-refractivity contribution in [1.82, 2.24) is 0 Å². The van der Waals surface area contributed by atoms with Crippen molar-refractivity contribution in [2.75, 3.05) is 26.4 Å². The lowest BCUT2D eigenvalue weighted by atomic mass is 9.92. The first-order chi connectivity index (χ1) is 45.0. The van der Waals surface area contributed by atoms with E-state index in [2.05, 4.69) is 13.2 Å². The van der Waals surface area contributed by atoms with Crippen molar-refractivity contribution in [1.29, 1.82) is 0 Å². The fourth-order valence-corrected chi connectivity index (χ4v) is 10.2. The summed E-state index contributed by atoms with van der Waals surface area (Å²) in [6, 6.07) is 64.7. The summed E-state index contributed by atoms with van der Waals surface area (Å²) >= 11 is 0.